The molecule has 5 atom stereocenters. The van der Waals surface area contributed by atoms with E-state index in [0.717, 1.165) is 103 Å². The van der Waals surface area contributed by atoms with E-state index in [1.54, 1.807) is 0 Å². The van der Waals surface area contributed by atoms with E-state index in [9.17, 15) is 43.2 Å². The summed E-state index contributed by atoms with van der Waals surface area (Å²) < 4.78 is 67.3. The Morgan fingerprint density at radius 1 is 0.324 bits per heavy atom. The standard InChI is InChI=1S/C55H106O17P2/c1-5-9-13-17-20-23-25-27-30-34-38-42-55(60)72-51(46-66-53(58)40-36-32-29-26-24-21-18-14-10-6-2)48-70-74(63,64)68-44-49(56)43-67-73(61,62)69-47-50(45-65-52(57)39-35-31-16-12-8-4)71-54(59)41-37-33-28-22-19-15-11-7-3/h49-51,56H,5-48H2,1-4H3,(H,61,62)(H,63,64)/t49-,50+,51+/m0/s1. The number of hydrogen-bond donors (Lipinski definition) is 3. The normalized spacial score (nSPS) is 14.4. The van der Waals surface area contributed by atoms with Gasteiger partial charge in [-0.1, -0.05) is 220 Å². The predicted molar refractivity (Wildman–Crippen MR) is 289 cm³/mol. The maximum Gasteiger partial charge on any atom is 0.472 e. The van der Waals surface area contributed by atoms with Crippen molar-refractivity contribution >= 4 is 39.5 Å². The number of carbonyl (C=O) groups excluding carboxylic acids is 4. The van der Waals surface area contributed by atoms with E-state index >= 15 is 0 Å². The summed E-state index contributed by atoms with van der Waals surface area (Å²) in [6, 6.07) is 0. The summed E-state index contributed by atoms with van der Waals surface area (Å²) in [6.07, 6.45) is 32.4. The molecule has 0 heterocycles. The number of unbranched alkanes of at least 4 members (excludes halogenated alkanes) is 30. The molecule has 0 aromatic carbocycles. The van der Waals surface area contributed by atoms with Gasteiger partial charge in [-0.3, -0.25) is 37.3 Å². The maximum atomic E-state index is 12.9. The first-order valence-corrected chi connectivity index (χ1v) is 32.3. The van der Waals surface area contributed by atoms with Crippen molar-refractivity contribution in [3.05, 3.63) is 0 Å². The zero-order valence-corrected chi connectivity index (χ0v) is 48.6. The fraction of sp³-hybridized carbons (Fsp3) is 0.927. The number of esters is 4. The van der Waals surface area contributed by atoms with Gasteiger partial charge in [-0.2, -0.15) is 0 Å². The third-order valence-corrected chi connectivity index (χ3v) is 14.5. The molecular weight excluding hydrogens is 995 g/mol. The zero-order valence-electron chi connectivity index (χ0n) is 46.8. The molecule has 0 amide bonds. The molecule has 0 fully saturated rings. The Morgan fingerprint density at radius 3 is 0.797 bits per heavy atom. The monoisotopic (exact) mass is 1100 g/mol. The Hall–Kier alpha value is -1.94. The van der Waals surface area contributed by atoms with Gasteiger partial charge >= 0.3 is 39.5 Å². The second kappa shape index (κ2) is 50.6. The predicted octanol–water partition coefficient (Wildman–Crippen LogP) is 14.4. The second-order valence-electron chi connectivity index (χ2n) is 20.0. The van der Waals surface area contributed by atoms with Gasteiger partial charge in [-0.15, -0.1) is 0 Å². The molecule has 0 saturated heterocycles. The molecule has 0 aromatic heterocycles. The van der Waals surface area contributed by atoms with Gasteiger partial charge in [0.15, 0.2) is 12.2 Å². The molecule has 3 N–H and O–H groups in total. The highest BCUT2D eigenvalue weighted by Crippen LogP contribution is 2.45. The molecule has 0 aliphatic rings. The van der Waals surface area contributed by atoms with Crippen LogP contribution in [0.4, 0.5) is 0 Å². The molecular formula is C55H106O17P2. The van der Waals surface area contributed by atoms with Crippen molar-refractivity contribution < 1.29 is 80.2 Å². The van der Waals surface area contributed by atoms with Crippen LogP contribution in [0.25, 0.3) is 0 Å². The van der Waals surface area contributed by atoms with Crippen molar-refractivity contribution in [1.29, 1.82) is 0 Å². The molecule has 0 rings (SSSR count). The van der Waals surface area contributed by atoms with Crippen LogP contribution in [0.5, 0.6) is 0 Å². The molecule has 19 heteroatoms. The summed E-state index contributed by atoms with van der Waals surface area (Å²) in [7, 11) is -9.85. The lowest BCUT2D eigenvalue weighted by Crippen LogP contribution is -2.30. The van der Waals surface area contributed by atoms with E-state index in [0.29, 0.717) is 25.7 Å². The van der Waals surface area contributed by atoms with Gasteiger partial charge in [0.2, 0.25) is 0 Å². The summed E-state index contributed by atoms with van der Waals surface area (Å²) in [6.45, 7) is 4.70. The number of phosphoric acid groups is 2. The van der Waals surface area contributed by atoms with Gasteiger partial charge in [0.1, 0.15) is 19.3 Å². The van der Waals surface area contributed by atoms with Gasteiger partial charge in [0.05, 0.1) is 26.4 Å². The molecule has 0 radical (unpaired) electrons. The smallest absolute Gasteiger partial charge is 0.462 e. The van der Waals surface area contributed by atoms with Gasteiger partial charge in [-0.25, -0.2) is 9.13 Å². The quantitative estimate of drug-likeness (QED) is 0.0222. The van der Waals surface area contributed by atoms with Crippen LogP contribution < -0.4 is 0 Å². The minimum atomic E-state index is -4.93. The van der Waals surface area contributed by atoms with E-state index in [1.165, 1.54) is 89.9 Å². The average molecular weight is 1100 g/mol. The molecule has 0 aromatic rings. The van der Waals surface area contributed by atoms with E-state index < -0.39 is 97.5 Å². The van der Waals surface area contributed by atoms with Crippen LogP contribution in [0.15, 0.2) is 0 Å². The number of carbonyl (C=O) groups is 4. The van der Waals surface area contributed by atoms with Crippen molar-refractivity contribution in [2.45, 2.75) is 290 Å². The summed E-state index contributed by atoms with van der Waals surface area (Å²) in [5.74, 6) is -2.16. The van der Waals surface area contributed by atoms with Crippen molar-refractivity contribution in [3.8, 4) is 0 Å². The molecule has 0 bridgehead atoms. The highest BCUT2D eigenvalue weighted by molar-refractivity contribution is 7.47. The molecule has 17 nitrogen and oxygen atoms in total. The third kappa shape index (κ3) is 49.6. The number of ether oxygens (including phenoxy) is 4. The van der Waals surface area contributed by atoms with Crippen molar-refractivity contribution in [2.24, 2.45) is 0 Å². The van der Waals surface area contributed by atoms with Crippen LogP contribution in [0.2, 0.25) is 0 Å². The third-order valence-electron chi connectivity index (χ3n) is 12.6. The lowest BCUT2D eigenvalue weighted by molar-refractivity contribution is -0.161. The molecule has 0 spiro atoms. The van der Waals surface area contributed by atoms with E-state index in [1.807, 2.05) is 0 Å². The summed E-state index contributed by atoms with van der Waals surface area (Å²) in [5.41, 5.74) is 0. The van der Waals surface area contributed by atoms with Crippen molar-refractivity contribution in [1.82, 2.24) is 0 Å². The van der Waals surface area contributed by atoms with Crippen LogP contribution in [0.1, 0.15) is 272 Å². The van der Waals surface area contributed by atoms with E-state index in [-0.39, 0.29) is 25.7 Å². The van der Waals surface area contributed by atoms with Crippen LogP contribution in [-0.4, -0.2) is 96.7 Å². The van der Waals surface area contributed by atoms with Gasteiger partial charge in [0.25, 0.3) is 0 Å². The average Bonchev–Trinajstić information content (AvgIpc) is 3.37. The fourth-order valence-corrected chi connectivity index (χ4v) is 9.62. The van der Waals surface area contributed by atoms with Crippen LogP contribution in [0, 0.1) is 0 Å². The van der Waals surface area contributed by atoms with Crippen LogP contribution in [0.3, 0.4) is 0 Å². The van der Waals surface area contributed by atoms with E-state index in [2.05, 4.69) is 27.7 Å². The Bertz CT molecular complexity index is 1450. The molecule has 2 unspecified atom stereocenters. The summed E-state index contributed by atoms with van der Waals surface area (Å²) in [4.78, 5) is 71.4. The van der Waals surface area contributed by atoms with Crippen LogP contribution in [-0.2, 0) is 65.4 Å². The highest BCUT2D eigenvalue weighted by Gasteiger charge is 2.30. The largest absolute Gasteiger partial charge is 0.472 e. The Labute approximate surface area is 447 Å². The van der Waals surface area contributed by atoms with Gasteiger partial charge in [-0.05, 0) is 25.7 Å². The minimum absolute atomic E-state index is 0.104. The number of aliphatic hydroxyl groups is 1. The zero-order chi connectivity index (χ0) is 54.8. The lowest BCUT2D eigenvalue weighted by atomic mass is 10.1. The second-order valence-corrected chi connectivity index (χ2v) is 22.9. The summed E-state index contributed by atoms with van der Waals surface area (Å²) in [5, 5.41) is 10.4. The van der Waals surface area contributed by atoms with Crippen molar-refractivity contribution in [3.63, 3.8) is 0 Å². The van der Waals surface area contributed by atoms with Gasteiger partial charge < -0.3 is 33.8 Å². The molecule has 74 heavy (non-hydrogen) atoms. The first-order valence-electron chi connectivity index (χ1n) is 29.3. The first-order chi connectivity index (χ1) is 35.7. The fourth-order valence-electron chi connectivity index (χ4n) is 8.04. The highest BCUT2D eigenvalue weighted by atomic mass is 31.2. The number of hydrogen-bond acceptors (Lipinski definition) is 15. The van der Waals surface area contributed by atoms with E-state index in [4.69, 9.17) is 37.0 Å². The molecule has 0 saturated carbocycles. The number of rotatable bonds is 56. The summed E-state index contributed by atoms with van der Waals surface area (Å²) >= 11 is 0. The molecule has 0 aliphatic carbocycles. The number of phosphoric ester groups is 2. The Kier molecular flexibility index (Phi) is 49.2. The van der Waals surface area contributed by atoms with Crippen LogP contribution >= 0.6 is 15.6 Å². The first kappa shape index (κ1) is 72.1. The topological polar surface area (TPSA) is 237 Å². The number of aliphatic hydroxyl groups excluding tert-OH is 1. The molecule has 438 valence electrons. The van der Waals surface area contributed by atoms with Gasteiger partial charge in [0, 0.05) is 25.7 Å². The van der Waals surface area contributed by atoms with Crippen molar-refractivity contribution in [2.75, 3.05) is 39.6 Å². The SMILES string of the molecule is CCCCCCCCCCCCCC(=O)O[C@H](COC(=O)CCCCCCCCCCCC)COP(=O)(O)OC[C@@H](O)COP(=O)(O)OC[C@@H](COC(=O)CCCCCCC)OC(=O)CCCCCCCCCC. The molecule has 0 aliphatic heterocycles. The lowest BCUT2D eigenvalue weighted by Gasteiger charge is -2.21. The maximum absolute atomic E-state index is 12.9. The Balaban J connectivity index is 5.17. The minimum Gasteiger partial charge on any atom is -0.462 e. The Morgan fingerprint density at radius 2 is 0.541 bits per heavy atom.